The van der Waals surface area contributed by atoms with Gasteiger partial charge in [-0.2, -0.15) is 0 Å². The zero-order valence-electron chi connectivity index (χ0n) is 4.23. The third-order valence-electron chi connectivity index (χ3n) is 0.778. The maximum absolute atomic E-state index is 8.17. The van der Waals surface area contributed by atoms with E-state index in [9.17, 15) is 0 Å². The fraction of sp³-hybridized carbons (Fsp3) is 0.600. The van der Waals surface area contributed by atoms with E-state index in [1.165, 1.54) is 0 Å². The molecule has 0 aliphatic carbocycles. The lowest BCUT2D eigenvalue weighted by molar-refractivity contribution is 0.465. The Morgan fingerprint density at radius 2 is 2.33 bits per heavy atom. The third kappa shape index (κ3) is 1.82. The molecule has 1 N–H and O–H groups in total. The topological polar surface area (TPSA) is 20.2 Å². The van der Waals surface area contributed by atoms with Crippen molar-refractivity contribution in [1.82, 2.24) is 0 Å². The summed E-state index contributed by atoms with van der Waals surface area (Å²) in [6.07, 6.45) is 2.08. The Bertz CT molecular complexity index is 55.0. The minimum absolute atomic E-state index is 0.941. The van der Waals surface area contributed by atoms with Crippen molar-refractivity contribution in [2.24, 2.45) is 0 Å². The van der Waals surface area contributed by atoms with Gasteiger partial charge in [0.15, 0.2) is 0 Å². The van der Waals surface area contributed by atoms with Crippen LogP contribution in [-0.4, -0.2) is 5.11 Å². The molecule has 0 amide bonds. The van der Waals surface area contributed by atoms with Crippen molar-refractivity contribution in [3.05, 3.63) is 11.8 Å². The second kappa shape index (κ2) is 2.76. The van der Waals surface area contributed by atoms with E-state index in [0.717, 1.165) is 18.3 Å². The van der Waals surface area contributed by atoms with Gasteiger partial charge >= 0.3 is 0 Å². The second-order valence-electron chi connectivity index (χ2n) is 1.33. The van der Waals surface area contributed by atoms with E-state index in [-0.39, 0.29) is 0 Å². The smallest absolute Gasteiger partial charge is 0.0780 e. The molecule has 0 aromatic rings. The highest BCUT2D eigenvalue weighted by Crippen LogP contribution is 1.92. The molecule has 0 fully saturated rings. The minimum atomic E-state index is 0.941. The monoisotopic (exact) mass is 86.1 g/mol. The number of hydrogen-bond acceptors (Lipinski definition) is 1. The zero-order chi connectivity index (χ0) is 4.99. The summed E-state index contributed by atoms with van der Waals surface area (Å²) in [4.78, 5) is 0. The van der Waals surface area contributed by atoms with Gasteiger partial charge < -0.3 is 5.11 Å². The molecule has 0 atom stereocenters. The highest BCUT2D eigenvalue weighted by Gasteiger charge is 1.75. The molecule has 0 spiro atoms. The summed E-state index contributed by atoms with van der Waals surface area (Å²) in [6.45, 7) is 3.89. The average molecular weight is 86.1 g/mol. The Morgan fingerprint density at radius 3 is 2.33 bits per heavy atom. The van der Waals surface area contributed by atoms with Crippen LogP contribution < -0.4 is 0 Å². The van der Waals surface area contributed by atoms with Crippen LogP contribution in [0.25, 0.3) is 0 Å². The molecule has 0 rings (SSSR count). The lowest BCUT2D eigenvalue weighted by Gasteiger charge is -1.83. The van der Waals surface area contributed by atoms with Crippen LogP contribution in [0.4, 0.5) is 0 Å². The van der Waals surface area contributed by atoms with Crippen molar-refractivity contribution in [3.63, 3.8) is 0 Å². The summed E-state index contributed by atoms with van der Waals surface area (Å²) in [5, 5.41) is 8.17. The molecule has 0 aliphatic rings. The molecule has 0 saturated heterocycles. The number of hydrogen-bond donors (Lipinski definition) is 1. The molecule has 0 aromatic heterocycles. The highest BCUT2D eigenvalue weighted by atomic mass is 16.2. The first-order chi connectivity index (χ1) is 2.81. The Kier molecular flexibility index (Phi) is 2.55. The molecule has 0 aliphatic heterocycles. The predicted molar refractivity (Wildman–Crippen MR) is 26.7 cm³/mol. The Hall–Kier alpha value is -0.460. The quantitative estimate of drug-likeness (QED) is 0.483. The summed E-state index contributed by atoms with van der Waals surface area (Å²) in [5.74, 6) is 0. The predicted octanol–water partition coefficient (Wildman–Crippen LogP) is 1.86. The number of rotatable bonds is 1. The normalized spacial score (nSPS) is 12.0. The molecular formula is C5H10O. The Labute approximate surface area is 38.3 Å². The fourth-order valence-corrected chi connectivity index (χ4v) is 0.0913. The van der Waals surface area contributed by atoms with Crippen LogP contribution >= 0.6 is 0 Å². The minimum Gasteiger partial charge on any atom is -0.516 e. The largest absolute Gasteiger partial charge is 0.516 e. The van der Waals surface area contributed by atoms with E-state index >= 15 is 0 Å². The summed E-state index contributed by atoms with van der Waals surface area (Å²) < 4.78 is 0. The first-order valence-corrected chi connectivity index (χ1v) is 2.11. The van der Waals surface area contributed by atoms with E-state index < -0.39 is 0 Å². The third-order valence-corrected chi connectivity index (χ3v) is 0.778. The molecule has 1 nitrogen and oxygen atoms in total. The number of allylic oxidation sites excluding steroid dienone is 1. The fourth-order valence-electron chi connectivity index (χ4n) is 0.0913. The Balaban J connectivity index is 3.22. The standard InChI is InChI=1S/C5H10O/c1-3-5(2)4-6/h4,6H,3H2,1-2H3. The van der Waals surface area contributed by atoms with E-state index in [1.54, 1.807) is 0 Å². The highest BCUT2D eigenvalue weighted by molar-refractivity contribution is 4.89. The Morgan fingerprint density at radius 1 is 1.83 bits per heavy atom. The van der Waals surface area contributed by atoms with Crippen LogP contribution in [0.1, 0.15) is 20.3 Å². The van der Waals surface area contributed by atoms with Gasteiger partial charge in [-0.3, -0.25) is 0 Å². The molecule has 0 unspecified atom stereocenters. The first kappa shape index (κ1) is 5.54. The van der Waals surface area contributed by atoms with Gasteiger partial charge in [-0.1, -0.05) is 6.92 Å². The van der Waals surface area contributed by atoms with Gasteiger partial charge in [0.1, 0.15) is 0 Å². The first-order valence-electron chi connectivity index (χ1n) is 2.11. The maximum atomic E-state index is 8.17. The van der Waals surface area contributed by atoms with E-state index in [2.05, 4.69) is 0 Å². The van der Waals surface area contributed by atoms with Crippen molar-refractivity contribution >= 4 is 0 Å². The molecule has 0 radical (unpaired) electrons. The molecular weight excluding hydrogens is 76.1 g/mol. The molecule has 0 bridgehead atoms. The zero-order valence-corrected chi connectivity index (χ0v) is 4.23. The lowest BCUT2D eigenvalue weighted by Crippen LogP contribution is -1.66. The molecule has 36 valence electrons. The summed E-state index contributed by atoms with van der Waals surface area (Å²) in [7, 11) is 0. The van der Waals surface area contributed by atoms with Crippen molar-refractivity contribution in [2.75, 3.05) is 0 Å². The SMILES string of the molecule is CCC(C)=CO. The van der Waals surface area contributed by atoms with Gasteiger partial charge in [0, 0.05) is 0 Å². The summed E-state index contributed by atoms with van der Waals surface area (Å²) in [5.41, 5.74) is 1.02. The van der Waals surface area contributed by atoms with Crippen molar-refractivity contribution < 1.29 is 5.11 Å². The summed E-state index contributed by atoms with van der Waals surface area (Å²) in [6, 6.07) is 0. The average Bonchev–Trinajstić information content (AvgIpc) is 1.65. The van der Waals surface area contributed by atoms with Gasteiger partial charge in [-0.05, 0) is 18.9 Å². The summed E-state index contributed by atoms with van der Waals surface area (Å²) >= 11 is 0. The molecule has 0 aromatic carbocycles. The second-order valence-corrected chi connectivity index (χ2v) is 1.33. The van der Waals surface area contributed by atoms with Crippen molar-refractivity contribution in [3.8, 4) is 0 Å². The van der Waals surface area contributed by atoms with E-state index in [1.807, 2.05) is 13.8 Å². The van der Waals surface area contributed by atoms with Crippen LogP contribution in [-0.2, 0) is 0 Å². The van der Waals surface area contributed by atoms with Gasteiger partial charge in [-0.25, -0.2) is 0 Å². The van der Waals surface area contributed by atoms with Gasteiger partial charge in [-0.15, -0.1) is 0 Å². The van der Waals surface area contributed by atoms with Gasteiger partial charge in [0.2, 0.25) is 0 Å². The van der Waals surface area contributed by atoms with Gasteiger partial charge in [0.05, 0.1) is 6.26 Å². The van der Waals surface area contributed by atoms with Gasteiger partial charge in [0.25, 0.3) is 0 Å². The van der Waals surface area contributed by atoms with Crippen molar-refractivity contribution in [2.45, 2.75) is 20.3 Å². The van der Waals surface area contributed by atoms with Crippen LogP contribution in [0.2, 0.25) is 0 Å². The lowest BCUT2D eigenvalue weighted by atomic mass is 10.3. The number of aliphatic hydroxyl groups excluding tert-OH is 1. The number of aliphatic hydroxyl groups is 1. The molecule has 0 heterocycles. The molecule has 0 saturated carbocycles. The van der Waals surface area contributed by atoms with Crippen LogP contribution in [0.3, 0.4) is 0 Å². The van der Waals surface area contributed by atoms with Crippen LogP contribution in [0.5, 0.6) is 0 Å². The van der Waals surface area contributed by atoms with Crippen LogP contribution in [0.15, 0.2) is 11.8 Å². The van der Waals surface area contributed by atoms with E-state index in [0.29, 0.717) is 0 Å². The van der Waals surface area contributed by atoms with Crippen LogP contribution in [0, 0.1) is 0 Å². The van der Waals surface area contributed by atoms with E-state index in [4.69, 9.17) is 5.11 Å². The molecule has 6 heavy (non-hydrogen) atoms. The maximum Gasteiger partial charge on any atom is 0.0780 e. The van der Waals surface area contributed by atoms with Crippen molar-refractivity contribution in [1.29, 1.82) is 0 Å². The molecule has 1 heteroatoms.